The van der Waals surface area contributed by atoms with Gasteiger partial charge in [-0.1, -0.05) is 30.3 Å². The van der Waals surface area contributed by atoms with Crippen LogP contribution in [-0.4, -0.2) is 33.8 Å². The second-order valence-electron chi connectivity index (χ2n) is 6.25. The quantitative estimate of drug-likeness (QED) is 0.445. The van der Waals surface area contributed by atoms with E-state index in [1.165, 1.54) is 12.1 Å². The molecule has 3 rings (SSSR count). The molecule has 1 aromatic heterocycles. The summed E-state index contributed by atoms with van der Waals surface area (Å²) < 4.78 is 0. The van der Waals surface area contributed by atoms with Gasteiger partial charge in [-0.3, -0.25) is 19.9 Å². The van der Waals surface area contributed by atoms with Crippen molar-refractivity contribution in [1.29, 1.82) is 0 Å². The van der Waals surface area contributed by atoms with Crippen molar-refractivity contribution in [3.05, 3.63) is 69.9 Å². The van der Waals surface area contributed by atoms with E-state index in [0.29, 0.717) is 40.8 Å². The summed E-state index contributed by atoms with van der Waals surface area (Å²) in [4.78, 5) is 30.4. The molecule has 0 saturated heterocycles. The topological polar surface area (TPSA) is 76.3 Å². The molecule has 0 aliphatic rings. The molecule has 0 fully saturated rings. The third-order valence-electron chi connectivity index (χ3n) is 4.69. The Kier molecular flexibility index (Phi) is 6.70. The van der Waals surface area contributed by atoms with Gasteiger partial charge in [0.05, 0.1) is 21.7 Å². The van der Waals surface area contributed by atoms with Crippen LogP contribution in [0.25, 0.3) is 22.0 Å². The van der Waals surface area contributed by atoms with E-state index >= 15 is 0 Å². The fraction of sp³-hybridized carbons (Fsp3) is 0.238. The Hall–Kier alpha value is -2.99. The van der Waals surface area contributed by atoms with E-state index in [9.17, 15) is 14.9 Å². The Labute approximate surface area is 169 Å². The average Bonchev–Trinajstić information content (AvgIpc) is 2.68. The first-order valence-electron chi connectivity index (χ1n) is 8.91. The molecule has 2 aromatic carbocycles. The smallest absolute Gasteiger partial charge is 0.270 e. The number of hydrogen-bond donors (Lipinski definition) is 0. The number of hydrogen-bond acceptors (Lipinski definition) is 4. The number of halogens is 1. The first-order valence-corrected chi connectivity index (χ1v) is 8.91. The number of fused-ring (bicyclic) bond motifs is 1. The lowest BCUT2D eigenvalue weighted by Gasteiger charge is -2.22. The van der Waals surface area contributed by atoms with Crippen molar-refractivity contribution in [2.75, 3.05) is 13.1 Å². The monoisotopic (exact) mass is 399 g/mol. The second kappa shape index (κ2) is 8.80. The van der Waals surface area contributed by atoms with E-state index in [0.717, 1.165) is 5.56 Å². The fourth-order valence-corrected chi connectivity index (χ4v) is 3.32. The lowest BCUT2D eigenvalue weighted by molar-refractivity contribution is -0.384. The van der Waals surface area contributed by atoms with Crippen LogP contribution in [0, 0.1) is 17.0 Å². The van der Waals surface area contributed by atoms with Gasteiger partial charge in [-0.15, -0.1) is 12.4 Å². The molecule has 6 nitrogen and oxygen atoms in total. The van der Waals surface area contributed by atoms with E-state index < -0.39 is 4.92 Å². The zero-order chi connectivity index (χ0) is 19.6. The van der Waals surface area contributed by atoms with Gasteiger partial charge < -0.3 is 4.90 Å². The van der Waals surface area contributed by atoms with Crippen molar-refractivity contribution in [3.63, 3.8) is 0 Å². The lowest BCUT2D eigenvalue weighted by atomic mass is 9.93. The first kappa shape index (κ1) is 21.3. The number of nitro benzene ring substituents is 1. The number of nitro groups is 1. The van der Waals surface area contributed by atoms with Gasteiger partial charge in [0, 0.05) is 36.2 Å². The largest absolute Gasteiger partial charge is 0.339 e. The van der Waals surface area contributed by atoms with E-state index in [1.807, 2.05) is 51.1 Å². The maximum absolute atomic E-state index is 13.2. The minimum atomic E-state index is -0.431. The van der Waals surface area contributed by atoms with Gasteiger partial charge >= 0.3 is 0 Å². The number of pyridine rings is 1. The molecule has 0 N–H and O–H groups in total. The molecular weight excluding hydrogens is 378 g/mol. The second-order valence-corrected chi connectivity index (χ2v) is 6.25. The number of amides is 1. The van der Waals surface area contributed by atoms with Crippen molar-refractivity contribution >= 4 is 34.9 Å². The first-order chi connectivity index (χ1) is 13.0. The molecule has 0 aliphatic carbocycles. The summed E-state index contributed by atoms with van der Waals surface area (Å²) in [6.45, 7) is 6.83. The molecule has 0 bridgehead atoms. The molecule has 0 aliphatic heterocycles. The summed E-state index contributed by atoms with van der Waals surface area (Å²) in [6.07, 6.45) is 0. The number of rotatable bonds is 5. The highest BCUT2D eigenvalue weighted by Crippen LogP contribution is 2.35. The zero-order valence-electron chi connectivity index (χ0n) is 16.0. The molecule has 0 atom stereocenters. The normalized spacial score (nSPS) is 10.4. The summed E-state index contributed by atoms with van der Waals surface area (Å²) in [7, 11) is 0. The molecule has 0 unspecified atom stereocenters. The zero-order valence-corrected chi connectivity index (χ0v) is 16.8. The van der Waals surface area contributed by atoms with Gasteiger partial charge in [0.25, 0.3) is 11.6 Å². The van der Waals surface area contributed by atoms with Crippen molar-refractivity contribution in [2.45, 2.75) is 20.8 Å². The maximum Gasteiger partial charge on any atom is 0.270 e. The number of carbonyl (C=O) groups is 1. The SMILES string of the molecule is CCN(CC)C(=O)c1c(C)nc2ccc([N+](=O)[O-])cc2c1-c1ccccc1.Cl. The minimum absolute atomic E-state index is 0. The van der Waals surface area contributed by atoms with Crippen LogP contribution in [0.3, 0.4) is 0 Å². The number of nitrogens with zero attached hydrogens (tertiary/aromatic N) is 3. The minimum Gasteiger partial charge on any atom is -0.339 e. The Morgan fingerprint density at radius 3 is 2.32 bits per heavy atom. The van der Waals surface area contributed by atoms with Crippen molar-refractivity contribution in [2.24, 2.45) is 0 Å². The Morgan fingerprint density at radius 2 is 1.75 bits per heavy atom. The van der Waals surface area contributed by atoms with Gasteiger partial charge in [0.15, 0.2) is 0 Å². The number of benzene rings is 2. The Morgan fingerprint density at radius 1 is 1.11 bits per heavy atom. The molecule has 7 heteroatoms. The summed E-state index contributed by atoms with van der Waals surface area (Å²) in [6, 6.07) is 14.1. The average molecular weight is 400 g/mol. The lowest BCUT2D eigenvalue weighted by Crippen LogP contribution is -2.31. The molecule has 0 spiro atoms. The number of non-ortho nitro benzene ring substituents is 1. The highest BCUT2D eigenvalue weighted by atomic mass is 35.5. The molecule has 3 aromatic rings. The van der Waals surface area contributed by atoms with E-state index in [2.05, 4.69) is 4.98 Å². The predicted octanol–water partition coefficient (Wildman–Crippen LogP) is 5.02. The van der Waals surface area contributed by atoms with Crippen LogP contribution in [0.15, 0.2) is 48.5 Å². The molecular formula is C21H22ClN3O3. The van der Waals surface area contributed by atoms with E-state index in [-0.39, 0.29) is 24.0 Å². The van der Waals surface area contributed by atoms with Crippen LogP contribution in [0.2, 0.25) is 0 Å². The van der Waals surface area contributed by atoms with Gasteiger partial charge in [0.2, 0.25) is 0 Å². The van der Waals surface area contributed by atoms with Crippen LogP contribution in [0.5, 0.6) is 0 Å². The summed E-state index contributed by atoms with van der Waals surface area (Å²) in [5, 5.41) is 11.9. The van der Waals surface area contributed by atoms with Crippen molar-refractivity contribution in [1.82, 2.24) is 9.88 Å². The van der Waals surface area contributed by atoms with Crippen LogP contribution in [0.4, 0.5) is 5.69 Å². The molecule has 146 valence electrons. The van der Waals surface area contributed by atoms with E-state index in [1.54, 1.807) is 11.0 Å². The van der Waals surface area contributed by atoms with E-state index in [4.69, 9.17) is 0 Å². The number of carbonyl (C=O) groups excluding carboxylic acids is 1. The predicted molar refractivity (Wildman–Crippen MR) is 113 cm³/mol. The molecule has 0 saturated carbocycles. The van der Waals surface area contributed by atoms with Crippen LogP contribution in [0.1, 0.15) is 29.9 Å². The maximum atomic E-state index is 13.2. The Balaban J connectivity index is 0.00000280. The van der Waals surface area contributed by atoms with Crippen LogP contribution < -0.4 is 0 Å². The third-order valence-corrected chi connectivity index (χ3v) is 4.69. The number of aryl methyl sites for hydroxylation is 1. The third kappa shape index (κ3) is 3.82. The van der Waals surface area contributed by atoms with Gasteiger partial charge in [-0.05, 0) is 32.4 Å². The van der Waals surface area contributed by atoms with Crippen molar-refractivity contribution in [3.8, 4) is 11.1 Å². The fourth-order valence-electron chi connectivity index (χ4n) is 3.32. The molecule has 28 heavy (non-hydrogen) atoms. The highest BCUT2D eigenvalue weighted by Gasteiger charge is 2.24. The highest BCUT2D eigenvalue weighted by molar-refractivity contribution is 6.10. The van der Waals surface area contributed by atoms with Gasteiger partial charge in [-0.25, -0.2) is 0 Å². The van der Waals surface area contributed by atoms with Crippen molar-refractivity contribution < 1.29 is 9.72 Å². The summed E-state index contributed by atoms with van der Waals surface area (Å²) >= 11 is 0. The molecule has 1 amide bonds. The van der Waals surface area contributed by atoms with Crippen LogP contribution >= 0.6 is 12.4 Å². The summed E-state index contributed by atoms with van der Waals surface area (Å²) in [5.74, 6) is -0.114. The standard InChI is InChI=1S/C21H21N3O3.ClH/c1-4-23(5-2)21(25)19-14(3)22-18-12-11-16(24(26)27)13-17(18)20(19)15-9-7-6-8-10-15;/h6-13H,4-5H2,1-3H3;1H. The van der Waals surface area contributed by atoms with Crippen LogP contribution in [-0.2, 0) is 0 Å². The molecule has 1 heterocycles. The molecule has 0 radical (unpaired) electrons. The Bertz CT molecular complexity index is 1020. The number of aromatic nitrogens is 1. The van der Waals surface area contributed by atoms with Gasteiger partial charge in [0.1, 0.15) is 0 Å². The summed E-state index contributed by atoms with van der Waals surface area (Å²) in [5.41, 5.74) is 3.26. The van der Waals surface area contributed by atoms with Gasteiger partial charge in [-0.2, -0.15) is 0 Å².